The maximum absolute atomic E-state index is 2.29. The number of benzene rings is 1. The Morgan fingerprint density at radius 2 is 1.62 bits per heavy atom. The first-order valence-electron chi connectivity index (χ1n) is 5.39. The van der Waals surface area contributed by atoms with Crippen LogP contribution in [-0.2, 0) is 0 Å². The van der Waals surface area contributed by atoms with Gasteiger partial charge in [-0.3, -0.25) is 0 Å². The average Bonchev–Trinajstić information content (AvgIpc) is 2.23. The summed E-state index contributed by atoms with van der Waals surface area (Å²) in [5, 5.41) is 0. The van der Waals surface area contributed by atoms with Crippen molar-refractivity contribution in [2.45, 2.75) is 46.5 Å². The van der Waals surface area contributed by atoms with Crippen LogP contribution in [0.4, 0.5) is 0 Å². The molecule has 0 heterocycles. The van der Waals surface area contributed by atoms with Crippen molar-refractivity contribution in [2.24, 2.45) is 0 Å². The van der Waals surface area contributed by atoms with Gasteiger partial charge < -0.3 is 0 Å². The molecule has 13 heavy (non-hydrogen) atoms. The summed E-state index contributed by atoms with van der Waals surface area (Å²) < 4.78 is 0. The van der Waals surface area contributed by atoms with Crippen molar-refractivity contribution in [1.29, 1.82) is 0 Å². The van der Waals surface area contributed by atoms with Crippen LogP contribution in [0.25, 0.3) is 0 Å². The predicted octanol–water partition coefficient (Wildman–Crippen LogP) is 4.62. The highest BCUT2D eigenvalue weighted by atomic mass is 14.1. The molecule has 0 amide bonds. The molecule has 1 aromatic carbocycles. The van der Waals surface area contributed by atoms with Crippen molar-refractivity contribution in [1.82, 2.24) is 0 Å². The molecule has 1 rings (SSSR count). The van der Waals surface area contributed by atoms with Gasteiger partial charge >= 0.3 is 0 Å². The van der Waals surface area contributed by atoms with Crippen molar-refractivity contribution in [3.8, 4) is 0 Å². The van der Waals surface area contributed by atoms with E-state index in [1.807, 2.05) is 13.8 Å². The van der Waals surface area contributed by atoms with E-state index in [1.165, 1.54) is 18.4 Å². The van der Waals surface area contributed by atoms with Gasteiger partial charge in [-0.05, 0) is 17.9 Å². The fraction of sp³-hybridized carbons (Fsp3) is 0.538. The quantitative estimate of drug-likeness (QED) is 0.633. The Kier molecular flexibility index (Phi) is 7.38. The van der Waals surface area contributed by atoms with Crippen molar-refractivity contribution in [3.63, 3.8) is 0 Å². The molecule has 0 nitrogen and oxygen atoms in total. The van der Waals surface area contributed by atoms with E-state index in [2.05, 4.69) is 44.2 Å². The second-order valence-electron chi connectivity index (χ2n) is 3.10. The molecule has 0 aromatic heterocycles. The highest BCUT2D eigenvalue weighted by Gasteiger charge is 2.01. The molecule has 0 saturated heterocycles. The number of hydrogen-bond acceptors (Lipinski definition) is 0. The predicted molar refractivity (Wildman–Crippen MR) is 61.1 cm³/mol. The van der Waals surface area contributed by atoms with Gasteiger partial charge in [-0.25, -0.2) is 0 Å². The maximum atomic E-state index is 2.29. The molecule has 0 bridgehead atoms. The lowest BCUT2D eigenvalue weighted by atomic mass is 9.97. The molecule has 74 valence electrons. The van der Waals surface area contributed by atoms with E-state index in [9.17, 15) is 0 Å². The summed E-state index contributed by atoms with van der Waals surface area (Å²) in [6.45, 7) is 8.53. The van der Waals surface area contributed by atoms with E-state index < -0.39 is 0 Å². The molecule has 0 saturated carbocycles. The first-order chi connectivity index (χ1) is 6.34. The lowest BCUT2D eigenvalue weighted by molar-refractivity contribution is 0.665. The minimum Gasteiger partial charge on any atom is -0.0683 e. The molecule has 0 fully saturated rings. The summed E-state index contributed by atoms with van der Waals surface area (Å²) >= 11 is 0. The number of rotatable bonds is 3. The first-order valence-corrected chi connectivity index (χ1v) is 5.39. The van der Waals surface area contributed by atoms with Crippen LogP contribution in [0.1, 0.15) is 52.0 Å². The van der Waals surface area contributed by atoms with E-state index >= 15 is 0 Å². The third-order valence-electron chi connectivity index (χ3n) is 2.09. The van der Waals surface area contributed by atoms with Gasteiger partial charge in [0.1, 0.15) is 0 Å². The highest BCUT2D eigenvalue weighted by molar-refractivity contribution is 5.18. The van der Waals surface area contributed by atoms with Crippen LogP contribution in [0, 0.1) is 0 Å². The van der Waals surface area contributed by atoms with Crippen molar-refractivity contribution >= 4 is 0 Å². The Morgan fingerprint density at radius 1 is 1.08 bits per heavy atom. The minimum atomic E-state index is 0.723. The Labute approximate surface area is 83.0 Å². The van der Waals surface area contributed by atoms with Gasteiger partial charge in [0.2, 0.25) is 0 Å². The van der Waals surface area contributed by atoms with Crippen molar-refractivity contribution < 1.29 is 0 Å². The average molecular weight is 178 g/mol. The van der Waals surface area contributed by atoms with Gasteiger partial charge in [-0.1, -0.05) is 64.4 Å². The van der Waals surface area contributed by atoms with Gasteiger partial charge in [-0.2, -0.15) is 0 Å². The summed E-state index contributed by atoms with van der Waals surface area (Å²) in [5.74, 6) is 0.723. The molecule has 0 spiro atoms. The summed E-state index contributed by atoms with van der Waals surface area (Å²) in [7, 11) is 0. The molecule has 1 aromatic rings. The summed E-state index contributed by atoms with van der Waals surface area (Å²) in [6.07, 6.45) is 2.57. The van der Waals surface area contributed by atoms with Gasteiger partial charge in [-0.15, -0.1) is 0 Å². The van der Waals surface area contributed by atoms with Crippen LogP contribution >= 0.6 is 0 Å². The Morgan fingerprint density at radius 3 is 2.08 bits per heavy atom. The summed E-state index contributed by atoms with van der Waals surface area (Å²) in [4.78, 5) is 0. The topological polar surface area (TPSA) is 0 Å². The zero-order valence-corrected chi connectivity index (χ0v) is 9.38. The van der Waals surface area contributed by atoms with Crippen molar-refractivity contribution in [2.75, 3.05) is 0 Å². The SMILES string of the molecule is CC.CCCC(C)c1ccccc1. The lowest BCUT2D eigenvalue weighted by Crippen LogP contribution is -1.91. The van der Waals surface area contributed by atoms with Crippen LogP contribution in [0.3, 0.4) is 0 Å². The zero-order valence-electron chi connectivity index (χ0n) is 9.38. The second-order valence-corrected chi connectivity index (χ2v) is 3.10. The fourth-order valence-electron chi connectivity index (χ4n) is 1.38. The molecular formula is C13H22. The van der Waals surface area contributed by atoms with Crippen LogP contribution in [-0.4, -0.2) is 0 Å². The van der Waals surface area contributed by atoms with Gasteiger partial charge in [0.15, 0.2) is 0 Å². The molecule has 0 aliphatic heterocycles. The first kappa shape index (κ1) is 12.2. The Hall–Kier alpha value is -0.780. The van der Waals surface area contributed by atoms with Crippen LogP contribution in [0.5, 0.6) is 0 Å². The molecule has 0 aliphatic carbocycles. The van der Waals surface area contributed by atoms with Crippen molar-refractivity contribution in [3.05, 3.63) is 35.9 Å². The van der Waals surface area contributed by atoms with Gasteiger partial charge in [0, 0.05) is 0 Å². The van der Waals surface area contributed by atoms with Gasteiger partial charge in [0.05, 0.1) is 0 Å². The van der Waals surface area contributed by atoms with Crippen LogP contribution in [0.2, 0.25) is 0 Å². The molecular weight excluding hydrogens is 156 g/mol. The Balaban J connectivity index is 0.000000671. The second kappa shape index (κ2) is 7.85. The zero-order chi connectivity index (χ0) is 10.1. The molecule has 1 unspecified atom stereocenters. The van der Waals surface area contributed by atoms with Crippen LogP contribution < -0.4 is 0 Å². The molecule has 0 heteroatoms. The largest absolute Gasteiger partial charge is 0.0683 e. The van der Waals surface area contributed by atoms with E-state index in [1.54, 1.807) is 0 Å². The third-order valence-corrected chi connectivity index (χ3v) is 2.09. The monoisotopic (exact) mass is 178 g/mol. The highest BCUT2D eigenvalue weighted by Crippen LogP contribution is 2.19. The smallest absolute Gasteiger partial charge is 0.0190 e. The standard InChI is InChI=1S/C11H16.C2H6/c1-3-7-10(2)11-8-5-4-6-9-11;1-2/h4-6,8-10H,3,7H2,1-2H3;1-2H3. The van der Waals surface area contributed by atoms with Gasteiger partial charge in [0.25, 0.3) is 0 Å². The third kappa shape index (κ3) is 4.72. The van der Waals surface area contributed by atoms with E-state index in [4.69, 9.17) is 0 Å². The van der Waals surface area contributed by atoms with E-state index in [0.717, 1.165) is 5.92 Å². The molecule has 0 N–H and O–H groups in total. The van der Waals surface area contributed by atoms with E-state index in [0.29, 0.717) is 0 Å². The number of hydrogen-bond donors (Lipinski definition) is 0. The molecule has 0 aliphatic rings. The molecule has 0 radical (unpaired) electrons. The fourth-order valence-corrected chi connectivity index (χ4v) is 1.38. The lowest BCUT2D eigenvalue weighted by Gasteiger charge is -2.08. The summed E-state index contributed by atoms with van der Waals surface area (Å²) in [5.41, 5.74) is 1.47. The van der Waals surface area contributed by atoms with Crippen LogP contribution in [0.15, 0.2) is 30.3 Å². The van der Waals surface area contributed by atoms with E-state index in [-0.39, 0.29) is 0 Å². The Bertz CT molecular complexity index is 188. The summed E-state index contributed by atoms with van der Waals surface area (Å²) in [6, 6.07) is 10.7. The maximum Gasteiger partial charge on any atom is -0.0190 e. The minimum absolute atomic E-state index is 0.723. The molecule has 1 atom stereocenters. The normalized spacial score (nSPS) is 11.4.